The Morgan fingerprint density at radius 3 is 2.52 bits per heavy atom. The fourth-order valence-electron chi connectivity index (χ4n) is 2.73. The van der Waals surface area contributed by atoms with Gasteiger partial charge in [-0.15, -0.1) is 0 Å². The van der Waals surface area contributed by atoms with Crippen molar-refractivity contribution in [3.8, 4) is 0 Å². The molecule has 0 spiro atoms. The van der Waals surface area contributed by atoms with Gasteiger partial charge in [-0.05, 0) is 36.8 Å². The van der Waals surface area contributed by atoms with Crippen molar-refractivity contribution in [1.82, 2.24) is 5.32 Å². The van der Waals surface area contributed by atoms with Crippen LogP contribution in [0.15, 0.2) is 53.4 Å². The summed E-state index contributed by atoms with van der Waals surface area (Å²) in [5, 5.41) is 2.59. The molecule has 0 radical (unpaired) electrons. The molecule has 10 heteroatoms. The Kier molecular flexibility index (Phi) is 5.20. The molecule has 0 aliphatic carbocycles. The highest BCUT2D eigenvalue weighted by Crippen LogP contribution is 2.20. The van der Waals surface area contributed by atoms with Crippen molar-refractivity contribution in [2.75, 3.05) is 16.2 Å². The molecular formula is C17H17FN2O5S2. The van der Waals surface area contributed by atoms with E-state index in [1.165, 1.54) is 36.4 Å². The summed E-state index contributed by atoms with van der Waals surface area (Å²) in [5.74, 6) is -1.41. The number of anilines is 1. The van der Waals surface area contributed by atoms with Crippen LogP contribution in [-0.4, -0.2) is 40.3 Å². The topological polar surface area (TPSA) is 109 Å². The smallest absolute Gasteiger partial charge is 0.262 e. The fourth-order valence-corrected chi connectivity index (χ4v) is 5.52. The summed E-state index contributed by atoms with van der Waals surface area (Å²) in [4.78, 5) is 12.1. The van der Waals surface area contributed by atoms with Crippen LogP contribution >= 0.6 is 0 Å². The molecule has 1 saturated heterocycles. The van der Waals surface area contributed by atoms with Crippen LogP contribution in [0.5, 0.6) is 0 Å². The first-order valence-electron chi connectivity index (χ1n) is 8.05. The number of hydrogen-bond acceptors (Lipinski definition) is 5. The van der Waals surface area contributed by atoms with Crippen LogP contribution in [-0.2, 0) is 19.9 Å². The Morgan fingerprint density at radius 2 is 1.85 bits per heavy atom. The minimum Gasteiger partial charge on any atom is -0.348 e. The third-order valence-corrected chi connectivity index (χ3v) is 7.22. The quantitative estimate of drug-likeness (QED) is 0.774. The van der Waals surface area contributed by atoms with Crippen LogP contribution in [0.25, 0.3) is 0 Å². The van der Waals surface area contributed by atoms with Gasteiger partial charge in [0.25, 0.3) is 15.9 Å². The van der Waals surface area contributed by atoms with E-state index in [0.29, 0.717) is 6.42 Å². The van der Waals surface area contributed by atoms with Crippen molar-refractivity contribution in [1.29, 1.82) is 0 Å². The van der Waals surface area contributed by atoms with E-state index in [-0.39, 0.29) is 27.7 Å². The molecule has 1 unspecified atom stereocenters. The normalized spacial score (nSPS) is 18.8. The Morgan fingerprint density at radius 1 is 1.11 bits per heavy atom. The van der Waals surface area contributed by atoms with Crippen LogP contribution in [0, 0.1) is 5.82 Å². The van der Waals surface area contributed by atoms with E-state index in [4.69, 9.17) is 0 Å². The molecule has 1 heterocycles. The van der Waals surface area contributed by atoms with Gasteiger partial charge in [0, 0.05) is 11.6 Å². The highest BCUT2D eigenvalue weighted by Gasteiger charge is 2.29. The van der Waals surface area contributed by atoms with Crippen LogP contribution in [0.2, 0.25) is 0 Å². The van der Waals surface area contributed by atoms with Gasteiger partial charge in [0.2, 0.25) is 0 Å². The van der Waals surface area contributed by atoms with E-state index < -0.39 is 37.6 Å². The van der Waals surface area contributed by atoms with Crippen molar-refractivity contribution in [3.05, 3.63) is 59.9 Å². The van der Waals surface area contributed by atoms with Gasteiger partial charge in [-0.1, -0.05) is 18.2 Å². The number of amides is 1. The lowest BCUT2D eigenvalue weighted by atomic mass is 10.2. The van der Waals surface area contributed by atoms with Gasteiger partial charge in [-0.2, -0.15) is 0 Å². The molecule has 0 aromatic heterocycles. The molecule has 1 atom stereocenters. The third-order valence-electron chi connectivity index (χ3n) is 4.09. The number of halogens is 1. The van der Waals surface area contributed by atoms with Gasteiger partial charge in [0.1, 0.15) is 5.82 Å². The summed E-state index contributed by atoms with van der Waals surface area (Å²) in [6.07, 6.45) is 0.320. The van der Waals surface area contributed by atoms with E-state index in [1.54, 1.807) is 0 Å². The van der Waals surface area contributed by atoms with Crippen LogP contribution < -0.4 is 10.0 Å². The second-order valence-corrected chi connectivity index (χ2v) is 10.1. The maximum atomic E-state index is 13.7. The zero-order valence-electron chi connectivity index (χ0n) is 14.1. The number of carbonyl (C=O) groups excluding carboxylic acids is 1. The second-order valence-electron chi connectivity index (χ2n) is 6.19. The standard InChI is InChI=1S/C17H17FN2O5S2/c18-15-6-1-2-7-16(15)20-27(24,25)14-5-3-4-12(10-14)17(21)19-13-8-9-26(22,23)11-13/h1-7,10,13,20H,8-9,11H2,(H,19,21). The monoisotopic (exact) mass is 412 g/mol. The maximum absolute atomic E-state index is 13.7. The molecule has 2 aromatic rings. The Hall–Kier alpha value is -2.46. The average Bonchev–Trinajstić information content (AvgIpc) is 2.95. The van der Waals surface area contributed by atoms with E-state index in [1.807, 2.05) is 0 Å². The number of nitrogens with one attached hydrogen (secondary N) is 2. The third kappa shape index (κ3) is 4.64. The van der Waals surface area contributed by atoms with Crippen molar-refractivity contribution < 1.29 is 26.0 Å². The molecular weight excluding hydrogens is 395 g/mol. The zero-order chi connectivity index (χ0) is 19.7. The molecule has 3 rings (SSSR count). The minimum atomic E-state index is -4.10. The largest absolute Gasteiger partial charge is 0.348 e. The number of sulfonamides is 1. The molecule has 2 N–H and O–H groups in total. The fraction of sp³-hybridized carbons (Fsp3) is 0.235. The van der Waals surface area contributed by atoms with Gasteiger partial charge in [0.15, 0.2) is 9.84 Å². The average molecular weight is 412 g/mol. The summed E-state index contributed by atoms with van der Waals surface area (Å²) >= 11 is 0. The van der Waals surface area contributed by atoms with Gasteiger partial charge in [-0.25, -0.2) is 21.2 Å². The molecule has 1 amide bonds. The lowest BCUT2D eigenvalue weighted by Crippen LogP contribution is -2.35. The summed E-state index contributed by atoms with van der Waals surface area (Å²) in [7, 11) is -7.25. The highest BCUT2D eigenvalue weighted by molar-refractivity contribution is 7.92. The predicted molar refractivity (Wildman–Crippen MR) is 98.2 cm³/mol. The first kappa shape index (κ1) is 19.3. The number of para-hydroxylation sites is 1. The Labute approximate surface area is 156 Å². The van der Waals surface area contributed by atoms with Gasteiger partial charge >= 0.3 is 0 Å². The van der Waals surface area contributed by atoms with Gasteiger partial charge in [-0.3, -0.25) is 9.52 Å². The molecule has 27 heavy (non-hydrogen) atoms. The van der Waals surface area contributed by atoms with Gasteiger partial charge in [0.05, 0.1) is 22.1 Å². The maximum Gasteiger partial charge on any atom is 0.262 e. The number of rotatable bonds is 5. The Balaban J connectivity index is 1.78. The number of sulfone groups is 1. The van der Waals surface area contributed by atoms with Crippen molar-refractivity contribution in [2.45, 2.75) is 17.4 Å². The van der Waals surface area contributed by atoms with Crippen molar-refractivity contribution >= 4 is 31.5 Å². The minimum absolute atomic E-state index is 0.0128. The molecule has 144 valence electrons. The van der Waals surface area contributed by atoms with E-state index >= 15 is 0 Å². The first-order valence-corrected chi connectivity index (χ1v) is 11.4. The molecule has 7 nitrogen and oxygen atoms in total. The molecule has 0 saturated carbocycles. The summed E-state index contributed by atoms with van der Waals surface area (Å²) in [6, 6.07) is 10.1. The summed E-state index contributed by atoms with van der Waals surface area (Å²) < 4.78 is 63.7. The van der Waals surface area contributed by atoms with Crippen LogP contribution in [0.3, 0.4) is 0 Å². The SMILES string of the molecule is O=C(NC1CCS(=O)(=O)C1)c1cccc(S(=O)(=O)Nc2ccccc2F)c1. The van der Waals surface area contributed by atoms with Crippen molar-refractivity contribution in [2.24, 2.45) is 0 Å². The van der Waals surface area contributed by atoms with E-state index in [0.717, 1.165) is 12.1 Å². The Bertz CT molecular complexity index is 1080. The molecule has 0 bridgehead atoms. The number of carbonyl (C=O) groups is 1. The van der Waals surface area contributed by atoms with E-state index in [2.05, 4.69) is 10.0 Å². The molecule has 1 aliphatic heterocycles. The number of benzene rings is 2. The highest BCUT2D eigenvalue weighted by atomic mass is 32.2. The van der Waals surface area contributed by atoms with Crippen LogP contribution in [0.1, 0.15) is 16.8 Å². The summed E-state index contributed by atoms with van der Waals surface area (Å²) in [5.41, 5.74) is -0.140. The zero-order valence-corrected chi connectivity index (χ0v) is 15.7. The number of hydrogen-bond donors (Lipinski definition) is 2. The molecule has 1 fully saturated rings. The lowest BCUT2D eigenvalue weighted by molar-refractivity contribution is 0.0941. The van der Waals surface area contributed by atoms with Crippen molar-refractivity contribution in [3.63, 3.8) is 0 Å². The summed E-state index contributed by atoms with van der Waals surface area (Å²) in [6.45, 7) is 0. The first-order chi connectivity index (χ1) is 12.7. The lowest BCUT2D eigenvalue weighted by Gasteiger charge is -2.12. The molecule has 1 aliphatic rings. The predicted octanol–water partition coefficient (Wildman–Crippen LogP) is 1.54. The second kappa shape index (κ2) is 7.28. The molecule has 2 aromatic carbocycles. The van der Waals surface area contributed by atoms with E-state index in [9.17, 15) is 26.0 Å². The van der Waals surface area contributed by atoms with Crippen LogP contribution in [0.4, 0.5) is 10.1 Å². The van der Waals surface area contributed by atoms with Gasteiger partial charge < -0.3 is 5.32 Å².